The topological polar surface area (TPSA) is 141 Å². The average Bonchev–Trinajstić information content (AvgIpc) is 3.45. The minimum Gasteiger partial charge on any atom is -0.470 e. The number of rotatable bonds is 14. The first kappa shape index (κ1) is 33.2. The van der Waals surface area contributed by atoms with Crippen LogP contribution in [-0.2, 0) is 19.0 Å². The molecule has 2 saturated carbocycles. The molecule has 2 heterocycles. The van der Waals surface area contributed by atoms with Crippen molar-refractivity contribution in [2.24, 2.45) is 21.9 Å². The highest BCUT2D eigenvalue weighted by Gasteiger charge is 2.56. The molecule has 2 atom stereocenters. The average molecular weight is 615 g/mol. The lowest BCUT2D eigenvalue weighted by atomic mass is 9.72. The standard InChI is InChI=1S/C33H54N6O5/c34-38-36-24-27-9-4-5-10-29(27)30-33(23-25-7-2-1-3-8-25,32(41)35-15-16-39-17-21-42-22-18-39)37-31(44-30)26-11-13-28(14-12-26)43-20-6-19-40/h25-26,28,30,40H,1-24H2,(H,35,41)/t26?,28?,30-,33-/m1/s1. The molecule has 0 bridgehead atoms. The molecule has 2 N–H and O–H groups in total. The van der Waals surface area contributed by atoms with E-state index in [1.54, 1.807) is 0 Å². The van der Waals surface area contributed by atoms with Gasteiger partial charge in [0.25, 0.3) is 5.91 Å². The normalized spacial score (nSPS) is 30.4. The van der Waals surface area contributed by atoms with Crippen LogP contribution in [0.5, 0.6) is 0 Å². The van der Waals surface area contributed by atoms with Crippen molar-refractivity contribution < 1.29 is 24.1 Å². The number of hydrogen-bond donors (Lipinski definition) is 2. The van der Waals surface area contributed by atoms with Crippen LogP contribution in [-0.4, -0.2) is 98.7 Å². The quantitative estimate of drug-likeness (QED) is 0.0919. The van der Waals surface area contributed by atoms with E-state index in [4.69, 9.17) is 29.8 Å². The number of aliphatic hydroxyl groups excluding tert-OH is 1. The molecule has 11 nitrogen and oxygen atoms in total. The van der Waals surface area contributed by atoms with E-state index in [1.165, 1.54) is 19.3 Å². The maximum atomic E-state index is 14.6. The number of nitrogens with one attached hydrogen (secondary N) is 1. The van der Waals surface area contributed by atoms with E-state index in [0.29, 0.717) is 38.5 Å². The van der Waals surface area contributed by atoms with Gasteiger partial charge in [-0.3, -0.25) is 9.69 Å². The summed E-state index contributed by atoms with van der Waals surface area (Å²) in [5.74, 6) is 1.32. The fraction of sp³-hybridized carbons (Fsp3) is 0.879. The summed E-state index contributed by atoms with van der Waals surface area (Å²) in [7, 11) is 0. The van der Waals surface area contributed by atoms with Crippen LogP contribution in [0.4, 0.5) is 0 Å². The molecule has 246 valence electrons. The molecule has 0 aromatic heterocycles. The van der Waals surface area contributed by atoms with Crippen LogP contribution in [0.1, 0.15) is 96.3 Å². The van der Waals surface area contributed by atoms with Gasteiger partial charge in [0.05, 0.1) is 19.3 Å². The number of carbonyl (C=O) groups is 1. The van der Waals surface area contributed by atoms with Crippen LogP contribution in [0.3, 0.4) is 0 Å². The Hall–Kier alpha value is -2.17. The third-order valence-electron chi connectivity index (χ3n) is 10.5. The van der Waals surface area contributed by atoms with Gasteiger partial charge in [0.2, 0.25) is 0 Å². The molecule has 5 rings (SSSR count). The molecule has 5 aliphatic rings. The van der Waals surface area contributed by atoms with Crippen molar-refractivity contribution in [3.8, 4) is 0 Å². The van der Waals surface area contributed by atoms with Crippen molar-refractivity contribution in [3.63, 3.8) is 0 Å². The van der Waals surface area contributed by atoms with Gasteiger partial charge in [-0.2, -0.15) is 0 Å². The summed E-state index contributed by atoms with van der Waals surface area (Å²) in [6.45, 7) is 5.68. The van der Waals surface area contributed by atoms with Crippen LogP contribution in [0.15, 0.2) is 21.3 Å². The molecule has 0 spiro atoms. The minimum absolute atomic E-state index is 0.0152. The van der Waals surface area contributed by atoms with Crippen LogP contribution < -0.4 is 5.32 Å². The zero-order valence-corrected chi connectivity index (χ0v) is 26.6. The third kappa shape index (κ3) is 8.55. The first-order chi connectivity index (χ1) is 21.6. The Kier molecular flexibility index (Phi) is 12.8. The van der Waals surface area contributed by atoms with Crippen LogP contribution in [0, 0.1) is 11.8 Å². The highest BCUT2D eigenvalue weighted by molar-refractivity contribution is 5.94. The van der Waals surface area contributed by atoms with Crippen molar-refractivity contribution in [3.05, 3.63) is 21.6 Å². The highest BCUT2D eigenvalue weighted by Crippen LogP contribution is 2.46. The molecule has 0 aromatic carbocycles. The van der Waals surface area contributed by atoms with E-state index in [1.807, 2.05) is 0 Å². The predicted molar refractivity (Wildman–Crippen MR) is 169 cm³/mol. The highest BCUT2D eigenvalue weighted by atomic mass is 16.5. The fourth-order valence-corrected chi connectivity index (χ4v) is 7.99. The number of hydrogen-bond acceptors (Lipinski definition) is 8. The van der Waals surface area contributed by atoms with Gasteiger partial charge in [0.15, 0.2) is 17.5 Å². The van der Waals surface area contributed by atoms with Gasteiger partial charge in [-0.25, -0.2) is 4.99 Å². The number of azide groups is 1. The predicted octanol–water partition coefficient (Wildman–Crippen LogP) is 5.08. The number of amides is 1. The number of morpholine rings is 1. The van der Waals surface area contributed by atoms with E-state index in [9.17, 15) is 4.79 Å². The third-order valence-corrected chi connectivity index (χ3v) is 10.5. The van der Waals surface area contributed by atoms with E-state index in [0.717, 1.165) is 114 Å². The first-order valence-corrected chi connectivity index (χ1v) is 17.4. The van der Waals surface area contributed by atoms with Gasteiger partial charge >= 0.3 is 0 Å². The maximum absolute atomic E-state index is 14.6. The van der Waals surface area contributed by atoms with E-state index in [2.05, 4.69) is 20.2 Å². The Morgan fingerprint density at radius 3 is 2.61 bits per heavy atom. The van der Waals surface area contributed by atoms with Gasteiger partial charge in [-0.15, -0.1) is 0 Å². The Morgan fingerprint density at radius 1 is 1.09 bits per heavy atom. The zero-order valence-electron chi connectivity index (χ0n) is 26.6. The SMILES string of the molecule is [N-]=[N+]=NCC1=C([C@H]2OC(C3CCC(OCCCO)CC3)=N[C@@]2(CC2CCCCC2)C(=O)NCCN2CCOCC2)CCCC1. The Bertz CT molecular complexity index is 1040. The Morgan fingerprint density at radius 2 is 1.86 bits per heavy atom. The smallest absolute Gasteiger partial charge is 0.252 e. The summed E-state index contributed by atoms with van der Waals surface area (Å²) in [6, 6.07) is 0. The van der Waals surface area contributed by atoms with Gasteiger partial charge in [-0.1, -0.05) is 42.8 Å². The molecule has 1 saturated heterocycles. The van der Waals surface area contributed by atoms with Crippen molar-refractivity contribution in [1.82, 2.24) is 10.2 Å². The molecular formula is C33H54N6O5. The number of ether oxygens (including phenoxy) is 3. The second-order valence-electron chi connectivity index (χ2n) is 13.4. The first-order valence-electron chi connectivity index (χ1n) is 17.4. The molecule has 0 radical (unpaired) electrons. The summed E-state index contributed by atoms with van der Waals surface area (Å²) >= 11 is 0. The minimum atomic E-state index is -1.01. The second-order valence-corrected chi connectivity index (χ2v) is 13.4. The van der Waals surface area contributed by atoms with Crippen molar-refractivity contribution in [2.75, 3.05) is 59.2 Å². The number of nitrogens with zero attached hydrogens (tertiary/aromatic N) is 5. The molecule has 0 unspecified atom stereocenters. The largest absolute Gasteiger partial charge is 0.470 e. The molecule has 11 heteroatoms. The summed E-state index contributed by atoms with van der Waals surface area (Å²) in [5, 5.41) is 16.4. The van der Waals surface area contributed by atoms with Crippen LogP contribution in [0.25, 0.3) is 10.4 Å². The van der Waals surface area contributed by atoms with Gasteiger partial charge in [0.1, 0.15) is 0 Å². The summed E-state index contributed by atoms with van der Waals surface area (Å²) < 4.78 is 18.5. The lowest BCUT2D eigenvalue weighted by molar-refractivity contribution is -0.129. The van der Waals surface area contributed by atoms with Gasteiger partial charge in [0, 0.05) is 56.8 Å². The molecule has 0 aromatic rings. The summed E-state index contributed by atoms with van der Waals surface area (Å²) in [6.07, 6.45) is 14.5. The lowest BCUT2D eigenvalue weighted by Gasteiger charge is -2.38. The number of aliphatic hydroxyl groups is 1. The van der Waals surface area contributed by atoms with E-state index < -0.39 is 11.6 Å². The Balaban J connectivity index is 1.42. The van der Waals surface area contributed by atoms with Gasteiger partial charge < -0.3 is 24.6 Å². The second kappa shape index (κ2) is 16.9. The Labute approximate surface area is 262 Å². The molecule has 3 aliphatic carbocycles. The van der Waals surface area contributed by atoms with Crippen molar-refractivity contribution >= 4 is 11.8 Å². The lowest BCUT2D eigenvalue weighted by Crippen LogP contribution is -2.55. The fourth-order valence-electron chi connectivity index (χ4n) is 7.99. The molecule has 1 amide bonds. The van der Waals surface area contributed by atoms with E-state index in [-0.39, 0.29) is 24.5 Å². The molecule has 2 aliphatic heterocycles. The zero-order chi connectivity index (χ0) is 30.6. The summed E-state index contributed by atoms with van der Waals surface area (Å²) in [5.41, 5.74) is 10.4. The van der Waals surface area contributed by atoms with Crippen LogP contribution in [0.2, 0.25) is 0 Å². The monoisotopic (exact) mass is 614 g/mol. The van der Waals surface area contributed by atoms with Crippen LogP contribution >= 0.6 is 0 Å². The molecule has 44 heavy (non-hydrogen) atoms. The maximum Gasteiger partial charge on any atom is 0.252 e. The number of aliphatic imine (C=N–C) groups is 1. The molecular weight excluding hydrogens is 560 g/mol. The number of carbonyl (C=O) groups excluding carboxylic acids is 1. The summed E-state index contributed by atoms with van der Waals surface area (Å²) in [4.78, 5) is 25.4. The van der Waals surface area contributed by atoms with Crippen molar-refractivity contribution in [1.29, 1.82) is 0 Å². The molecule has 3 fully saturated rings. The van der Waals surface area contributed by atoms with Gasteiger partial charge in [-0.05, 0) is 81.2 Å². The van der Waals surface area contributed by atoms with E-state index >= 15 is 0 Å². The van der Waals surface area contributed by atoms with Crippen molar-refractivity contribution in [2.45, 2.75) is 114 Å².